The van der Waals surface area contributed by atoms with E-state index in [9.17, 15) is 0 Å². The summed E-state index contributed by atoms with van der Waals surface area (Å²) in [4.78, 5) is 4.04. The Morgan fingerprint density at radius 1 is 1.39 bits per heavy atom. The van der Waals surface area contributed by atoms with Crippen molar-refractivity contribution < 1.29 is 0 Å². The molecule has 4 nitrogen and oxygen atoms in total. The average molecular weight is 265 g/mol. The van der Waals surface area contributed by atoms with Gasteiger partial charge < -0.3 is 0 Å². The highest BCUT2D eigenvalue weighted by Gasteiger charge is 2.31. The molecule has 0 N–H and O–H groups in total. The summed E-state index contributed by atoms with van der Waals surface area (Å²) in [7, 11) is 0. The summed E-state index contributed by atoms with van der Waals surface area (Å²) in [6, 6.07) is 0. The van der Waals surface area contributed by atoms with Crippen LogP contribution in [-0.4, -0.2) is 19.6 Å². The molecule has 0 radical (unpaired) electrons. The molecule has 1 atom stereocenters. The topological polar surface area (TPSA) is 43.1 Å². The van der Waals surface area contributed by atoms with Gasteiger partial charge in [-0.15, -0.1) is 10.2 Å². The summed E-state index contributed by atoms with van der Waals surface area (Å²) in [5, 5.41) is 8.92. The lowest BCUT2D eigenvalue weighted by atomic mass is 9.72. The Bertz CT molecular complexity index is 575. The molecule has 0 spiro atoms. The van der Waals surface area contributed by atoms with E-state index >= 15 is 0 Å². The van der Waals surface area contributed by atoms with Crippen molar-refractivity contribution in [1.82, 2.24) is 19.6 Å². The van der Waals surface area contributed by atoms with Gasteiger partial charge in [0, 0.05) is 18.3 Å². The molecule has 1 aliphatic rings. The predicted octanol–water partition coefficient (Wildman–Crippen LogP) is 3.46. The fourth-order valence-corrected chi connectivity index (χ4v) is 3.20. The average Bonchev–Trinajstić information content (AvgIpc) is 2.73. The Morgan fingerprint density at radius 2 is 2.22 bits per heavy atom. The molecule has 1 unspecified atom stereocenters. The highest BCUT2D eigenvalue weighted by atomic mass is 35.5. The van der Waals surface area contributed by atoms with Crippen LogP contribution < -0.4 is 0 Å². The second kappa shape index (κ2) is 4.19. The Labute approximate surface area is 111 Å². The van der Waals surface area contributed by atoms with E-state index in [0.29, 0.717) is 22.1 Å². The molecule has 18 heavy (non-hydrogen) atoms. The summed E-state index contributed by atoms with van der Waals surface area (Å²) < 4.78 is 1.99. The molecular formula is C13H17ClN4. The van der Waals surface area contributed by atoms with Crippen LogP contribution in [0, 0.1) is 5.41 Å². The summed E-state index contributed by atoms with van der Waals surface area (Å²) in [6.45, 7) is 4.66. The predicted molar refractivity (Wildman–Crippen MR) is 70.8 cm³/mol. The lowest BCUT2D eigenvalue weighted by Gasteiger charge is -2.34. The van der Waals surface area contributed by atoms with Gasteiger partial charge in [-0.2, -0.15) is 0 Å². The number of hydrogen-bond donors (Lipinski definition) is 0. The zero-order valence-electron chi connectivity index (χ0n) is 10.7. The van der Waals surface area contributed by atoms with E-state index in [-0.39, 0.29) is 0 Å². The number of aromatic nitrogens is 4. The summed E-state index contributed by atoms with van der Waals surface area (Å²) in [6.07, 6.45) is 8.50. The van der Waals surface area contributed by atoms with E-state index in [4.69, 9.17) is 11.6 Å². The molecule has 0 aliphatic heterocycles. The van der Waals surface area contributed by atoms with Gasteiger partial charge in [-0.3, -0.25) is 4.40 Å². The fourth-order valence-electron chi connectivity index (χ4n) is 3.01. The van der Waals surface area contributed by atoms with Gasteiger partial charge in [0.1, 0.15) is 5.82 Å². The van der Waals surface area contributed by atoms with E-state index in [1.165, 1.54) is 19.3 Å². The van der Waals surface area contributed by atoms with Crippen LogP contribution in [0.15, 0.2) is 12.4 Å². The second-order valence-corrected chi connectivity index (χ2v) is 6.29. The van der Waals surface area contributed by atoms with Crippen molar-refractivity contribution in [3.05, 3.63) is 23.4 Å². The molecule has 2 heterocycles. The van der Waals surface area contributed by atoms with E-state index in [1.807, 2.05) is 10.6 Å². The minimum atomic E-state index is 0.394. The van der Waals surface area contributed by atoms with Crippen molar-refractivity contribution in [2.24, 2.45) is 5.41 Å². The van der Waals surface area contributed by atoms with Gasteiger partial charge in [-0.1, -0.05) is 31.9 Å². The van der Waals surface area contributed by atoms with Crippen molar-refractivity contribution in [3.8, 4) is 0 Å². The first-order valence-electron chi connectivity index (χ1n) is 6.42. The Kier molecular flexibility index (Phi) is 2.77. The molecular weight excluding hydrogens is 248 g/mol. The first-order chi connectivity index (χ1) is 8.57. The number of rotatable bonds is 1. The Balaban J connectivity index is 2.02. The highest BCUT2D eigenvalue weighted by molar-refractivity contribution is 6.32. The number of halogens is 1. The number of fused-ring (bicyclic) bond motifs is 1. The lowest BCUT2D eigenvalue weighted by Crippen LogP contribution is -2.22. The molecule has 2 aromatic heterocycles. The Hall–Kier alpha value is -1.16. The molecule has 0 bridgehead atoms. The number of nitrogens with zero attached hydrogens (tertiary/aromatic N) is 4. The van der Waals surface area contributed by atoms with Gasteiger partial charge in [0.2, 0.25) is 0 Å². The largest absolute Gasteiger partial charge is 0.282 e. The van der Waals surface area contributed by atoms with Crippen LogP contribution in [0.25, 0.3) is 5.65 Å². The van der Waals surface area contributed by atoms with E-state index in [2.05, 4.69) is 29.0 Å². The zero-order chi connectivity index (χ0) is 12.8. The molecule has 0 amide bonds. The smallest absolute Gasteiger partial charge is 0.198 e. The first kappa shape index (κ1) is 11.9. The van der Waals surface area contributed by atoms with Crippen LogP contribution in [0.5, 0.6) is 0 Å². The molecule has 0 saturated heterocycles. The summed E-state index contributed by atoms with van der Waals surface area (Å²) in [5.74, 6) is 1.50. The van der Waals surface area contributed by atoms with E-state index in [1.54, 1.807) is 6.20 Å². The van der Waals surface area contributed by atoms with Gasteiger partial charge in [-0.05, 0) is 24.7 Å². The Morgan fingerprint density at radius 3 is 3.00 bits per heavy atom. The molecule has 1 fully saturated rings. The van der Waals surface area contributed by atoms with Gasteiger partial charge >= 0.3 is 0 Å². The number of hydrogen-bond acceptors (Lipinski definition) is 3. The van der Waals surface area contributed by atoms with Gasteiger partial charge in [-0.25, -0.2) is 4.98 Å². The summed E-state index contributed by atoms with van der Waals surface area (Å²) >= 11 is 6.03. The standard InChI is InChI=1S/C13H17ClN4/c1-13(2)5-3-4-9(8-13)11-16-17-12-10(14)15-6-7-18(11)12/h6-7,9H,3-5,8H2,1-2H3. The third-order valence-corrected chi connectivity index (χ3v) is 4.15. The van der Waals surface area contributed by atoms with Gasteiger partial charge in [0.25, 0.3) is 0 Å². The SMILES string of the molecule is CC1(C)CCCC(c2nnc3c(Cl)nccn23)C1. The maximum Gasteiger partial charge on any atom is 0.198 e. The molecule has 2 aromatic rings. The molecule has 1 aliphatic carbocycles. The van der Waals surface area contributed by atoms with Crippen molar-refractivity contribution in [2.75, 3.05) is 0 Å². The zero-order valence-corrected chi connectivity index (χ0v) is 11.5. The van der Waals surface area contributed by atoms with Gasteiger partial charge in [0.15, 0.2) is 10.8 Å². The molecule has 3 rings (SSSR count). The highest BCUT2D eigenvalue weighted by Crippen LogP contribution is 2.42. The molecule has 96 valence electrons. The van der Waals surface area contributed by atoms with Crippen LogP contribution >= 0.6 is 11.6 Å². The maximum absolute atomic E-state index is 6.03. The van der Waals surface area contributed by atoms with Crippen LogP contribution in [0.1, 0.15) is 51.3 Å². The van der Waals surface area contributed by atoms with Crippen LogP contribution in [-0.2, 0) is 0 Å². The molecule has 5 heteroatoms. The van der Waals surface area contributed by atoms with Gasteiger partial charge in [0.05, 0.1) is 0 Å². The van der Waals surface area contributed by atoms with Crippen molar-refractivity contribution >= 4 is 17.2 Å². The fraction of sp³-hybridized carbons (Fsp3) is 0.615. The van der Waals surface area contributed by atoms with Crippen LogP contribution in [0.2, 0.25) is 5.15 Å². The quantitative estimate of drug-likeness (QED) is 0.792. The monoisotopic (exact) mass is 264 g/mol. The van der Waals surface area contributed by atoms with Crippen molar-refractivity contribution in [3.63, 3.8) is 0 Å². The molecule has 1 saturated carbocycles. The summed E-state index contributed by atoms with van der Waals surface area (Å²) in [5.41, 5.74) is 1.06. The van der Waals surface area contributed by atoms with Crippen molar-refractivity contribution in [2.45, 2.75) is 45.4 Å². The maximum atomic E-state index is 6.03. The van der Waals surface area contributed by atoms with Crippen molar-refractivity contribution in [1.29, 1.82) is 0 Å². The second-order valence-electron chi connectivity index (χ2n) is 5.93. The lowest BCUT2D eigenvalue weighted by molar-refractivity contribution is 0.214. The van der Waals surface area contributed by atoms with E-state index in [0.717, 1.165) is 12.2 Å². The van der Waals surface area contributed by atoms with Crippen LogP contribution in [0.4, 0.5) is 0 Å². The third-order valence-electron chi connectivity index (χ3n) is 3.88. The third kappa shape index (κ3) is 1.99. The minimum absolute atomic E-state index is 0.394. The van der Waals surface area contributed by atoms with Crippen LogP contribution in [0.3, 0.4) is 0 Å². The normalized spacial score (nSPS) is 23.4. The molecule has 0 aromatic carbocycles. The van der Waals surface area contributed by atoms with E-state index < -0.39 is 0 Å². The first-order valence-corrected chi connectivity index (χ1v) is 6.80. The minimum Gasteiger partial charge on any atom is -0.282 e.